The van der Waals surface area contributed by atoms with E-state index in [1.807, 2.05) is 0 Å². The quantitative estimate of drug-likeness (QED) is 0.709. The first-order valence-electron chi connectivity index (χ1n) is 5.53. The van der Waals surface area contributed by atoms with Crippen LogP contribution in [0.1, 0.15) is 39.0 Å². The highest BCUT2D eigenvalue weighted by Crippen LogP contribution is 2.37. The highest BCUT2D eigenvalue weighted by Gasteiger charge is 2.30. The van der Waals surface area contributed by atoms with E-state index in [-0.39, 0.29) is 0 Å². The number of hydrogen-bond acceptors (Lipinski definition) is 2. The molecule has 0 saturated carbocycles. The number of piperidine rings is 1. The Bertz CT molecular complexity index is 125. The number of rotatable bonds is 5. The van der Waals surface area contributed by atoms with E-state index in [9.17, 15) is 0 Å². The Kier molecular flexibility index (Phi) is 4.74. The lowest BCUT2D eigenvalue weighted by atomic mass is 9.73. The summed E-state index contributed by atoms with van der Waals surface area (Å²) in [5, 5.41) is 3.43. The first kappa shape index (κ1) is 11.0. The summed E-state index contributed by atoms with van der Waals surface area (Å²) >= 11 is 0. The molecule has 13 heavy (non-hydrogen) atoms. The van der Waals surface area contributed by atoms with Crippen LogP contribution in [0.5, 0.6) is 0 Å². The highest BCUT2D eigenvalue weighted by molar-refractivity contribution is 4.84. The SMILES string of the molecule is CCCC1(CCOC)CCNCC1. The molecule has 0 unspecified atom stereocenters. The molecule has 1 N–H and O–H groups in total. The van der Waals surface area contributed by atoms with Gasteiger partial charge in [0.2, 0.25) is 0 Å². The van der Waals surface area contributed by atoms with Gasteiger partial charge in [-0.1, -0.05) is 13.3 Å². The van der Waals surface area contributed by atoms with Crippen molar-refractivity contribution in [2.45, 2.75) is 39.0 Å². The zero-order valence-corrected chi connectivity index (χ0v) is 9.07. The van der Waals surface area contributed by atoms with Crippen LogP contribution in [0.2, 0.25) is 0 Å². The Hall–Kier alpha value is -0.0800. The summed E-state index contributed by atoms with van der Waals surface area (Å²) in [6.45, 7) is 5.62. The molecule has 1 fully saturated rings. The summed E-state index contributed by atoms with van der Waals surface area (Å²) < 4.78 is 5.20. The van der Waals surface area contributed by atoms with E-state index in [4.69, 9.17) is 4.74 Å². The fraction of sp³-hybridized carbons (Fsp3) is 1.00. The third kappa shape index (κ3) is 3.28. The van der Waals surface area contributed by atoms with Crippen LogP contribution in [0.15, 0.2) is 0 Å². The molecule has 2 heteroatoms. The van der Waals surface area contributed by atoms with Gasteiger partial charge in [-0.15, -0.1) is 0 Å². The van der Waals surface area contributed by atoms with Gasteiger partial charge in [-0.25, -0.2) is 0 Å². The summed E-state index contributed by atoms with van der Waals surface area (Å²) in [7, 11) is 1.81. The smallest absolute Gasteiger partial charge is 0.0467 e. The molecule has 0 aromatic heterocycles. The monoisotopic (exact) mass is 185 g/mol. The average molecular weight is 185 g/mol. The van der Waals surface area contributed by atoms with Crippen molar-refractivity contribution in [1.82, 2.24) is 5.32 Å². The molecule has 0 amide bonds. The molecular formula is C11H23NO. The lowest BCUT2D eigenvalue weighted by Crippen LogP contribution is -2.37. The normalized spacial score (nSPS) is 21.7. The minimum atomic E-state index is 0.593. The Morgan fingerprint density at radius 3 is 2.46 bits per heavy atom. The van der Waals surface area contributed by atoms with Gasteiger partial charge in [0.15, 0.2) is 0 Å². The highest BCUT2D eigenvalue weighted by atomic mass is 16.5. The van der Waals surface area contributed by atoms with E-state index >= 15 is 0 Å². The lowest BCUT2D eigenvalue weighted by Gasteiger charge is -2.37. The van der Waals surface area contributed by atoms with Gasteiger partial charge in [0, 0.05) is 13.7 Å². The van der Waals surface area contributed by atoms with E-state index < -0.39 is 0 Å². The molecule has 2 nitrogen and oxygen atoms in total. The first-order chi connectivity index (χ1) is 6.33. The second-order valence-corrected chi connectivity index (χ2v) is 4.24. The predicted molar refractivity (Wildman–Crippen MR) is 55.9 cm³/mol. The van der Waals surface area contributed by atoms with Crippen molar-refractivity contribution in [2.75, 3.05) is 26.8 Å². The first-order valence-corrected chi connectivity index (χ1v) is 5.53. The minimum absolute atomic E-state index is 0.593. The lowest BCUT2D eigenvalue weighted by molar-refractivity contribution is 0.0998. The van der Waals surface area contributed by atoms with Gasteiger partial charge in [0.05, 0.1) is 0 Å². The van der Waals surface area contributed by atoms with Gasteiger partial charge in [-0.05, 0) is 44.2 Å². The second-order valence-electron chi connectivity index (χ2n) is 4.24. The van der Waals surface area contributed by atoms with Gasteiger partial charge < -0.3 is 10.1 Å². The number of ether oxygens (including phenoxy) is 1. The molecule has 1 aliphatic heterocycles. The molecule has 0 radical (unpaired) electrons. The van der Waals surface area contributed by atoms with Crippen molar-refractivity contribution in [2.24, 2.45) is 5.41 Å². The van der Waals surface area contributed by atoms with Gasteiger partial charge in [-0.3, -0.25) is 0 Å². The van der Waals surface area contributed by atoms with Crippen LogP contribution in [-0.2, 0) is 4.74 Å². The molecule has 0 bridgehead atoms. The molecular weight excluding hydrogens is 162 g/mol. The van der Waals surface area contributed by atoms with Crippen LogP contribution >= 0.6 is 0 Å². The van der Waals surface area contributed by atoms with Crippen LogP contribution in [0.4, 0.5) is 0 Å². The standard InChI is InChI=1S/C11H23NO/c1-3-4-11(7-10-13-2)5-8-12-9-6-11/h12H,3-10H2,1-2H3. The van der Waals surface area contributed by atoms with E-state index in [1.165, 1.54) is 45.2 Å². The number of methoxy groups -OCH3 is 1. The van der Waals surface area contributed by atoms with Crippen molar-refractivity contribution in [3.63, 3.8) is 0 Å². The van der Waals surface area contributed by atoms with Crippen molar-refractivity contribution >= 4 is 0 Å². The van der Waals surface area contributed by atoms with E-state index in [1.54, 1.807) is 7.11 Å². The van der Waals surface area contributed by atoms with E-state index in [0.29, 0.717) is 5.41 Å². The fourth-order valence-corrected chi connectivity index (χ4v) is 2.43. The molecule has 78 valence electrons. The van der Waals surface area contributed by atoms with Gasteiger partial charge in [0.1, 0.15) is 0 Å². The van der Waals surface area contributed by atoms with Crippen molar-refractivity contribution in [3.05, 3.63) is 0 Å². The molecule has 0 aromatic carbocycles. The second kappa shape index (κ2) is 5.61. The Morgan fingerprint density at radius 2 is 1.92 bits per heavy atom. The fourth-order valence-electron chi connectivity index (χ4n) is 2.43. The number of hydrogen-bond donors (Lipinski definition) is 1. The van der Waals surface area contributed by atoms with Crippen molar-refractivity contribution in [3.8, 4) is 0 Å². The summed E-state index contributed by atoms with van der Waals surface area (Å²) in [5.41, 5.74) is 0.593. The maximum atomic E-state index is 5.20. The van der Waals surface area contributed by atoms with Crippen molar-refractivity contribution in [1.29, 1.82) is 0 Å². The minimum Gasteiger partial charge on any atom is -0.385 e. The Balaban J connectivity index is 2.40. The molecule has 0 spiro atoms. The summed E-state index contributed by atoms with van der Waals surface area (Å²) in [6, 6.07) is 0. The maximum absolute atomic E-state index is 5.20. The Morgan fingerprint density at radius 1 is 1.23 bits per heavy atom. The summed E-state index contributed by atoms with van der Waals surface area (Å²) in [4.78, 5) is 0. The van der Waals surface area contributed by atoms with Crippen LogP contribution in [0.3, 0.4) is 0 Å². The summed E-state index contributed by atoms with van der Waals surface area (Å²) in [5.74, 6) is 0. The van der Waals surface area contributed by atoms with Crippen LogP contribution in [-0.4, -0.2) is 26.8 Å². The van der Waals surface area contributed by atoms with Crippen LogP contribution in [0.25, 0.3) is 0 Å². The zero-order valence-electron chi connectivity index (χ0n) is 9.07. The van der Waals surface area contributed by atoms with Crippen molar-refractivity contribution < 1.29 is 4.74 Å². The molecule has 0 atom stereocenters. The molecule has 1 heterocycles. The van der Waals surface area contributed by atoms with Gasteiger partial charge >= 0.3 is 0 Å². The molecule has 0 aromatic rings. The third-order valence-electron chi connectivity index (χ3n) is 3.28. The third-order valence-corrected chi connectivity index (χ3v) is 3.28. The molecule has 1 aliphatic rings. The molecule has 1 rings (SSSR count). The van der Waals surface area contributed by atoms with Gasteiger partial charge in [-0.2, -0.15) is 0 Å². The zero-order chi connectivity index (χ0) is 9.57. The largest absolute Gasteiger partial charge is 0.385 e. The maximum Gasteiger partial charge on any atom is 0.0467 e. The average Bonchev–Trinajstić information content (AvgIpc) is 2.17. The summed E-state index contributed by atoms with van der Waals surface area (Å²) in [6.07, 6.45) is 6.61. The van der Waals surface area contributed by atoms with Crippen LogP contribution in [0, 0.1) is 5.41 Å². The Labute approximate surface area is 82.0 Å². The van der Waals surface area contributed by atoms with E-state index in [2.05, 4.69) is 12.2 Å². The van der Waals surface area contributed by atoms with E-state index in [0.717, 1.165) is 6.61 Å². The number of nitrogens with one attached hydrogen (secondary N) is 1. The van der Waals surface area contributed by atoms with Crippen LogP contribution < -0.4 is 5.32 Å². The predicted octanol–water partition coefficient (Wildman–Crippen LogP) is 2.19. The molecule has 1 saturated heterocycles. The topological polar surface area (TPSA) is 21.3 Å². The van der Waals surface area contributed by atoms with Gasteiger partial charge in [0.25, 0.3) is 0 Å². The molecule has 0 aliphatic carbocycles.